The van der Waals surface area contributed by atoms with Gasteiger partial charge in [0.15, 0.2) is 11.7 Å². The molecule has 1 N–H and O–H groups in total. The third-order valence-corrected chi connectivity index (χ3v) is 3.45. The van der Waals surface area contributed by atoms with Gasteiger partial charge in [-0.3, -0.25) is 4.79 Å². The van der Waals surface area contributed by atoms with Crippen LogP contribution >= 0.6 is 0 Å². The number of imidazole rings is 1. The Kier molecular flexibility index (Phi) is 3.58. The Morgan fingerprint density at radius 3 is 2.59 bits per heavy atom. The van der Waals surface area contributed by atoms with Crippen molar-refractivity contribution in [2.75, 3.05) is 7.11 Å². The molecule has 0 unspecified atom stereocenters. The molecule has 5 heteroatoms. The van der Waals surface area contributed by atoms with Gasteiger partial charge < -0.3 is 9.72 Å². The molecular formula is C17H13N3O2. The lowest BCUT2D eigenvalue weighted by Crippen LogP contribution is -2.12. The molecule has 0 saturated heterocycles. The first kappa shape index (κ1) is 13.8. The number of nitriles is 1. The number of rotatable bonds is 4. The van der Waals surface area contributed by atoms with Crippen LogP contribution in [0.3, 0.4) is 0 Å². The zero-order valence-electron chi connectivity index (χ0n) is 11.9. The number of hydrogen-bond donors (Lipinski definition) is 1. The van der Waals surface area contributed by atoms with Gasteiger partial charge in [0.25, 0.3) is 0 Å². The van der Waals surface area contributed by atoms with Crippen molar-refractivity contribution < 1.29 is 9.53 Å². The van der Waals surface area contributed by atoms with Gasteiger partial charge in [-0.25, -0.2) is 4.98 Å². The number of fused-ring (bicyclic) bond motifs is 1. The van der Waals surface area contributed by atoms with Crippen molar-refractivity contribution in [1.82, 2.24) is 9.97 Å². The monoisotopic (exact) mass is 291 g/mol. The van der Waals surface area contributed by atoms with E-state index in [-0.39, 0.29) is 5.78 Å². The number of hydrogen-bond acceptors (Lipinski definition) is 4. The predicted octanol–water partition coefficient (Wildman–Crippen LogP) is 3.06. The molecule has 0 saturated carbocycles. The minimum absolute atomic E-state index is 0.288. The molecule has 5 nitrogen and oxygen atoms in total. The van der Waals surface area contributed by atoms with Crippen molar-refractivity contribution in [3.05, 3.63) is 59.9 Å². The number of carbonyl (C=O) groups is 1. The Morgan fingerprint density at radius 2 is 1.95 bits per heavy atom. The third-order valence-electron chi connectivity index (χ3n) is 3.45. The molecule has 1 heterocycles. The molecule has 22 heavy (non-hydrogen) atoms. The number of methoxy groups -OCH3 is 1. The number of benzene rings is 2. The van der Waals surface area contributed by atoms with Crippen LogP contribution in [0.25, 0.3) is 11.0 Å². The molecule has 0 aliphatic carbocycles. The number of nitrogens with one attached hydrogen (secondary N) is 1. The summed E-state index contributed by atoms with van der Waals surface area (Å²) in [6, 6.07) is 16.1. The second-order valence-electron chi connectivity index (χ2n) is 4.79. The molecule has 2 aromatic carbocycles. The van der Waals surface area contributed by atoms with E-state index in [9.17, 15) is 10.1 Å². The Bertz CT molecular complexity index is 826. The molecule has 1 aromatic heterocycles. The third kappa shape index (κ3) is 2.42. The van der Waals surface area contributed by atoms with Crippen molar-refractivity contribution in [3.8, 4) is 11.8 Å². The van der Waals surface area contributed by atoms with Crippen LogP contribution in [0.5, 0.6) is 5.75 Å². The predicted molar refractivity (Wildman–Crippen MR) is 81.8 cm³/mol. The number of aromatic amines is 1. The average molecular weight is 291 g/mol. The normalized spacial score (nSPS) is 11.8. The molecule has 0 bridgehead atoms. The zero-order valence-corrected chi connectivity index (χ0v) is 11.9. The average Bonchev–Trinajstić information content (AvgIpc) is 2.99. The topological polar surface area (TPSA) is 78.8 Å². The summed E-state index contributed by atoms with van der Waals surface area (Å²) in [6.07, 6.45) is 0. The van der Waals surface area contributed by atoms with Crippen LogP contribution in [-0.2, 0) is 0 Å². The standard InChI is InChI=1S/C17H13N3O2/c1-22-12-8-6-11(7-9-12)16(21)13(10-18)17-19-14-4-2-3-5-15(14)20-17/h2-9,13H,1H3,(H,19,20)/t13-/m0/s1. The zero-order chi connectivity index (χ0) is 15.5. The van der Waals surface area contributed by atoms with Gasteiger partial charge in [-0.1, -0.05) is 12.1 Å². The molecule has 0 spiro atoms. The number of nitrogens with zero attached hydrogens (tertiary/aromatic N) is 2. The van der Waals surface area contributed by atoms with Crippen molar-refractivity contribution in [1.29, 1.82) is 5.26 Å². The fourth-order valence-electron chi connectivity index (χ4n) is 2.28. The van der Waals surface area contributed by atoms with Gasteiger partial charge in [0, 0.05) is 5.56 Å². The highest BCUT2D eigenvalue weighted by atomic mass is 16.5. The summed E-state index contributed by atoms with van der Waals surface area (Å²) in [4.78, 5) is 19.9. The lowest BCUT2D eigenvalue weighted by Gasteiger charge is -2.06. The minimum atomic E-state index is -0.958. The van der Waals surface area contributed by atoms with Crippen LogP contribution in [0.1, 0.15) is 22.1 Å². The van der Waals surface area contributed by atoms with E-state index in [1.54, 1.807) is 31.4 Å². The van der Waals surface area contributed by atoms with Crippen molar-refractivity contribution in [2.24, 2.45) is 0 Å². The maximum Gasteiger partial charge on any atom is 0.187 e. The molecule has 3 aromatic rings. The molecule has 0 aliphatic rings. The highest BCUT2D eigenvalue weighted by Gasteiger charge is 2.25. The van der Waals surface area contributed by atoms with Crippen LogP contribution in [0, 0.1) is 11.3 Å². The Balaban J connectivity index is 1.95. The van der Waals surface area contributed by atoms with Crippen molar-refractivity contribution in [2.45, 2.75) is 5.92 Å². The molecule has 108 valence electrons. The van der Waals surface area contributed by atoms with Gasteiger partial charge in [-0.2, -0.15) is 5.26 Å². The Hall–Kier alpha value is -3.13. The summed E-state index contributed by atoms with van der Waals surface area (Å²) >= 11 is 0. The highest BCUT2D eigenvalue weighted by Crippen LogP contribution is 2.22. The fourth-order valence-corrected chi connectivity index (χ4v) is 2.28. The number of Topliss-reactive ketones (excluding diaryl/α,β-unsaturated/α-hetero) is 1. The highest BCUT2D eigenvalue weighted by molar-refractivity contribution is 6.02. The van der Waals surface area contributed by atoms with Crippen molar-refractivity contribution in [3.63, 3.8) is 0 Å². The number of aromatic nitrogens is 2. The summed E-state index contributed by atoms with van der Waals surface area (Å²) in [7, 11) is 1.56. The molecule has 3 rings (SSSR count). The molecule has 0 amide bonds. The lowest BCUT2D eigenvalue weighted by molar-refractivity contribution is 0.0976. The van der Waals surface area contributed by atoms with E-state index in [1.165, 1.54) is 0 Å². The van der Waals surface area contributed by atoms with E-state index in [1.807, 2.05) is 30.3 Å². The molecule has 0 radical (unpaired) electrons. The van der Waals surface area contributed by atoms with E-state index in [4.69, 9.17) is 4.74 Å². The first-order chi connectivity index (χ1) is 10.7. The van der Waals surface area contributed by atoms with Crippen LogP contribution in [0.4, 0.5) is 0 Å². The van der Waals surface area contributed by atoms with Gasteiger partial charge in [0.2, 0.25) is 0 Å². The molecule has 0 aliphatic heterocycles. The SMILES string of the molecule is COc1ccc(C(=O)[C@H](C#N)c2nc3ccccc3[nH]2)cc1. The van der Waals surface area contributed by atoms with Crippen LogP contribution in [0.15, 0.2) is 48.5 Å². The van der Waals surface area contributed by atoms with Gasteiger partial charge in [0.1, 0.15) is 11.6 Å². The van der Waals surface area contributed by atoms with Gasteiger partial charge in [-0.05, 0) is 36.4 Å². The van der Waals surface area contributed by atoms with E-state index in [0.29, 0.717) is 17.1 Å². The largest absolute Gasteiger partial charge is 0.497 e. The number of ether oxygens (including phenoxy) is 1. The Morgan fingerprint density at radius 1 is 1.23 bits per heavy atom. The maximum atomic E-state index is 12.5. The number of H-pyrrole nitrogens is 1. The van der Waals surface area contributed by atoms with Crippen LogP contribution in [-0.4, -0.2) is 22.9 Å². The van der Waals surface area contributed by atoms with E-state index in [0.717, 1.165) is 11.0 Å². The fraction of sp³-hybridized carbons (Fsp3) is 0.118. The van der Waals surface area contributed by atoms with E-state index >= 15 is 0 Å². The lowest BCUT2D eigenvalue weighted by atomic mass is 9.98. The maximum absolute atomic E-state index is 12.5. The first-order valence-electron chi connectivity index (χ1n) is 6.75. The summed E-state index contributed by atoms with van der Waals surface area (Å²) in [5, 5.41) is 9.38. The summed E-state index contributed by atoms with van der Waals surface area (Å²) in [6.45, 7) is 0. The van der Waals surface area contributed by atoms with Gasteiger partial charge in [0.05, 0.1) is 24.2 Å². The molecule has 0 fully saturated rings. The number of ketones is 1. The molecular weight excluding hydrogens is 278 g/mol. The number of carbonyl (C=O) groups excluding carboxylic acids is 1. The first-order valence-corrected chi connectivity index (χ1v) is 6.75. The number of para-hydroxylation sites is 2. The van der Waals surface area contributed by atoms with E-state index < -0.39 is 5.92 Å². The Labute approximate surface area is 127 Å². The second-order valence-corrected chi connectivity index (χ2v) is 4.79. The molecule has 1 atom stereocenters. The van der Waals surface area contributed by atoms with Crippen LogP contribution < -0.4 is 4.74 Å². The minimum Gasteiger partial charge on any atom is -0.497 e. The van der Waals surface area contributed by atoms with Crippen molar-refractivity contribution >= 4 is 16.8 Å². The van der Waals surface area contributed by atoms with Gasteiger partial charge in [-0.15, -0.1) is 0 Å². The summed E-state index contributed by atoms with van der Waals surface area (Å²) in [5.41, 5.74) is 1.99. The van der Waals surface area contributed by atoms with Gasteiger partial charge >= 0.3 is 0 Å². The van der Waals surface area contributed by atoms with Crippen LogP contribution in [0.2, 0.25) is 0 Å². The summed E-state index contributed by atoms with van der Waals surface area (Å²) < 4.78 is 5.07. The quantitative estimate of drug-likeness (QED) is 0.749. The van der Waals surface area contributed by atoms with E-state index in [2.05, 4.69) is 9.97 Å². The second kappa shape index (κ2) is 5.70. The summed E-state index contributed by atoms with van der Waals surface area (Å²) in [5.74, 6) is -0.219. The smallest absolute Gasteiger partial charge is 0.187 e.